The van der Waals surface area contributed by atoms with Gasteiger partial charge in [-0.05, 0) is 60.6 Å². The molecule has 0 saturated heterocycles. The first kappa shape index (κ1) is 23.5. The lowest BCUT2D eigenvalue weighted by Gasteiger charge is -2.08. The van der Waals surface area contributed by atoms with E-state index in [1.807, 2.05) is 6.07 Å². The van der Waals surface area contributed by atoms with Gasteiger partial charge in [0.05, 0.1) is 0 Å². The zero-order chi connectivity index (χ0) is 20.7. The molecule has 2 aromatic carbocycles. The third-order valence-electron chi connectivity index (χ3n) is 6.10. The summed E-state index contributed by atoms with van der Waals surface area (Å²) in [4.78, 5) is 0. The van der Waals surface area contributed by atoms with Gasteiger partial charge >= 0.3 is 0 Å². The van der Waals surface area contributed by atoms with E-state index < -0.39 is 0 Å². The predicted molar refractivity (Wildman–Crippen MR) is 130 cm³/mol. The Bertz CT molecular complexity index is 671. The number of nitrogens with two attached hydrogens (primary N) is 1. The molecule has 0 aliphatic heterocycles. The lowest BCUT2D eigenvalue weighted by atomic mass is 9.98. The number of aryl methyl sites for hydroxylation is 2. The number of nitrogen functional groups attached to an aromatic ring is 1. The molecule has 1 heteroatoms. The second-order valence-electron chi connectivity index (χ2n) is 8.82. The molecule has 0 atom stereocenters. The molecule has 0 aliphatic rings. The van der Waals surface area contributed by atoms with E-state index in [0.717, 1.165) is 12.1 Å². The van der Waals surface area contributed by atoms with E-state index in [0.29, 0.717) is 0 Å². The monoisotopic (exact) mass is 393 g/mol. The van der Waals surface area contributed by atoms with Crippen molar-refractivity contribution in [3.05, 3.63) is 64.7 Å². The SMILES string of the molecule is CCCCCCCCCCCCCCc1ccc(Cc2ccc(N)cc2C)cc1. The molecule has 0 aromatic heterocycles. The van der Waals surface area contributed by atoms with Gasteiger partial charge in [-0.3, -0.25) is 0 Å². The van der Waals surface area contributed by atoms with Crippen molar-refractivity contribution in [3.63, 3.8) is 0 Å². The van der Waals surface area contributed by atoms with Crippen LogP contribution in [0, 0.1) is 6.92 Å². The number of rotatable bonds is 15. The lowest BCUT2D eigenvalue weighted by molar-refractivity contribution is 0.544. The van der Waals surface area contributed by atoms with Crippen LogP contribution in [0.3, 0.4) is 0 Å². The molecule has 2 rings (SSSR count). The molecule has 0 saturated carbocycles. The smallest absolute Gasteiger partial charge is 0.0316 e. The molecule has 160 valence electrons. The molecule has 0 aliphatic carbocycles. The van der Waals surface area contributed by atoms with Gasteiger partial charge in [0.2, 0.25) is 0 Å². The second-order valence-corrected chi connectivity index (χ2v) is 8.82. The Balaban J connectivity index is 1.53. The van der Waals surface area contributed by atoms with E-state index in [-0.39, 0.29) is 0 Å². The minimum Gasteiger partial charge on any atom is -0.399 e. The molecule has 0 bridgehead atoms. The third-order valence-corrected chi connectivity index (χ3v) is 6.10. The maximum Gasteiger partial charge on any atom is 0.0316 e. The van der Waals surface area contributed by atoms with Crippen molar-refractivity contribution < 1.29 is 0 Å². The normalized spacial score (nSPS) is 11.1. The van der Waals surface area contributed by atoms with Crippen LogP contribution in [0.15, 0.2) is 42.5 Å². The van der Waals surface area contributed by atoms with Crippen LogP contribution in [0.25, 0.3) is 0 Å². The first-order valence-electron chi connectivity index (χ1n) is 12.1. The summed E-state index contributed by atoms with van der Waals surface area (Å²) in [5.74, 6) is 0. The zero-order valence-electron chi connectivity index (χ0n) is 19.0. The fourth-order valence-electron chi connectivity index (χ4n) is 4.13. The molecular weight excluding hydrogens is 350 g/mol. The Kier molecular flexibility index (Phi) is 11.6. The summed E-state index contributed by atoms with van der Waals surface area (Å²) >= 11 is 0. The number of benzene rings is 2. The molecular formula is C28H43N. The molecule has 0 unspecified atom stereocenters. The first-order valence-corrected chi connectivity index (χ1v) is 12.1. The van der Waals surface area contributed by atoms with Gasteiger partial charge in [-0.25, -0.2) is 0 Å². The Labute approximate surface area is 180 Å². The molecule has 2 aromatic rings. The van der Waals surface area contributed by atoms with E-state index in [1.165, 1.54) is 106 Å². The second kappa shape index (κ2) is 14.3. The fraction of sp³-hybridized carbons (Fsp3) is 0.571. The predicted octanol–water partition coefficient (Wildman–Crippen LogP) is 8.41. The van der Waals surface area contributed by atoms with Crippen molar-refractivity contribution in [2.24, 2.45) is 0 Å². The number of anilines is 1. The lowest BCUT2D eigenvalue weighted by Crippen LogP contribution is -1.95. The van der Waals surface area contributed by atoms with Gasteiger partial charge in [-0.15, -0.1) is 0 Å². The van der Waals surface area contributed by atoms with Gasteiger partial charge in [0.25, 0.3) is 0 Å². The minimum absolute atomic E-state index is 0.851. The van der Waals surface area contributed by atoms with Crippen LogP contribution in [0.2, 0.25) is 0 Å². The minimum atomic E-state index is 0.851. The summed E-state index contributed by atoms with van der Waals surface area (Å²) in [6, 6.07) is 15.5. The Morgan fingerprint density at radius 2 is 1.14 bits per heavy atom. The van der Waals surface area contributed by atoms with Crippen molar-refractivity contribution in [1.82, 2.24) is 0 Å². The average Bonchev–Trinajstić information content (AvgIpc) is 2.72. The highest BCUT2D eigenvalue weighted by molar-refractivity contribution is 5.45. The summed E-state index contributed by atoms with van der Waals surface area (Å²) in [5, 5.41) is 0. The average molecular weight is 394 g/mol. The molecule has 0 radical (unpaired) electrons. The first-order chi connectivity index (χ1) is 14.2. The quantitative estimate of drug-likeness (QED) is 0.238. The zero-order valence-corrected chi connectivity index (χ0v) is 19.0. The summed E-state index contributed by atoms with van der Waals surface area (Å²) in [6.45, 7) is 4.44. The highest BCUT2D eigenvalue weighted by atomic mass is 14.5. The van der Waals surface area contributed by atoms with Gasteiger partial charge in [0.15, 0.2) is 0 Å². The van der Waals surface area contributed by atoms with Crippen LogP contribution in [0.5, 0.6) is 0 Å². The molecule has 0 fully saturated rings. The van der Waals surface area contributed by atoms with Crippen LogP contribution in [-0.4, -0.2) is 0 Å². The number of hydrogen-bond acceptors (Lipinski definition) is 1. The van der Waals surface area contributed by atoms with Crippen LogP contribution < -0.4 is 5.73 Å². The van der Waals surface area contributed by atoms with Crippen molar-refractivity contribution in [1.29, 1.82) is 0 Å². The van der Waals surface area contributed by atoms with E-state index in [1.54, 1.807) is 0 Å². The molecule has 0 heterocycles. The van der Waals surface area contributed by atoms with Gasteiger partial charge < -0.3 is 5.73 Å². The van der Waals surface area contributed by atoms with Crippen LogP contribution in [0.4, 0.5) is 5.69 Å². The molecule has 1 nitrogen and oxygen atoms in total. The topological polar surface area (TPSA) is 26.0 Å². The summed E-state index contributed by atoms with van der Waals surface area (Å²) in [6.07, 6.45) is 19.2. The summed E-state index contributed by atoms with van der Waals surface area (Å²) in [7, 11) is 0. The van der Waals surface area contributed by atoms with Crippen molar-refractivity contribution in [3.8, 4) is 0 Å². The largest absolute Gasteiger partial charge is 0.399 e. The van der Waals surface area contributed by atoms with Crippen LogP contribution in [0.1, 0.15) is 106 Å². The van der Waals surface area contributed by atoms with E-state index in [2.05, 4.69) is 50.2 Å². The molecule has 29 heavy (non-hydrogen) atoms. The Morgan fingerprint density at radius 1 is 0.621 bits per heavy atom. The van der Waals surface area contributed by atoms with E-state index >= 15 is 0 Å². The van der Waals surface area contributed by atoms with Gasteiger partial charge in [-0.2, -0.15) is 0 Å². The molecule has 2 N–H and O–H groups in total. The van der Waals surface area contributed by atoms with Crippen molar-refractivity contribution in [2.45, 2.75) is 104 Å². The van der Waals surface area contributed by atoms with Gasteiger partial charge in [-0.1, -0.05) is 108 Å². The van der Waals surface area contributed by atoms with Crippen LogP contribution >= 0.6 is 0 Å². The maximum absolute atomic E-state index is 5.86. The van der Waals surface area contributed by atoms with Gasteiger partial charge in [0, 0.05) is 5.69 Å². The fourth-order valence-corrected chi connectivity index (χ4v) is 4.13. The summed E-state index contributed by atoms with van der Waals surface area (Å²) < 4.78 is 0. The highest BCUT2D eigenvalue weighted by Crippen LogP contribution is 2.18. The molecule has 0 spiro atoms. The van der Waals surface area contributed by atoms with Crippen molar-refractivity contribution >= 4 is 5.69 Å². The number of unbranched alkanes of at least 4 members (excludes halogenated alkanes) is 11. The third kappa shape index (κ3) is 10.0. The highest BCUT2D eigenvalue weighted by Gasteiger charge is 2.02. The van der Waals surface area contributed by atoms with Gasteiger partial charge in [0.1, 0.15) is 0 Å². The maximum atomic E-state index is 5.86. The standard InChI is InChI=1S/C28H43N/c1-3-4-5-6-7-8-9-10-11-12-13-14-15-25-16-18-26(19-17-25)23-27-20-21-28(29)22-24(27)2/h16-22H,3-15,23,29H2,1-2H3. The van der Waals surface area contributed by atoms with Crippen LogP contribution in [-0.2, 0) is 12.8 Å². The number of hydrogen-bond donors (Lipinski definition) is 1. The van der Waals surface area contributed by atoms with E-state index in [4.69, 9.17) is 5.73 Å². The molecule has 0 amide bonds. The summed E-state index contributed by atoms with van der Waals surface area (Å²) in [5.41, 5.74) is 12.2. The van der Waals surface area contributed by atoms with E-state index in [9.17, 15) is 0 Å². The van der Waals surface area contributed by atoms with Crippen molar-refractivity contribution in [2.75, 3.05) is 5.73 Å². The Hall–Kier alpha value is -1.76. The Morgan fingerprint density at radius 3 is 1.69 bits per heavy atom.